The molecule has 0 aliphatic carbocycles. The Labute approximate surface area is 74.0 Å². The average Bonchev–Trinajstić information content (AvgIpc) is 2.15. The SMILES string of the molecule is O=C(O)C(F)OCc1ccncc1. The maximum atomic E-state index is 12.4. The number of rotatable bonds is 4. The third kappa shape index (κ3) is 3.16. The molecule has 0 aliphatic rings. The number of hydrogen-bond donors (Lipinski definition) is 1. The Morgan fingerprint density at radius 2 is 2.23 bits per heavy atom. The molecule has 0 spiro atoms. The number of nitrogens with zero attached hydrogens (tertiary/aromatic N) is 1. The second-order valence-electron chi connectivity index (χ2n) is 2.32. The number of aromatic nitrogens is 1. The van der Waals surface area contributed by atoms with E-state index in [0.29, 0.717) is 5.56 Å². The van der Waals surface area contributed by atoms with Gasteiger partial charge in [-0.1, -0.05) is 0 Å². The fourth-order valence-corrected chi connectivity index (χ4v) is 0.720. The highest BCUT2D eigenvalue weighted by atomic mass is 19.1. The van der Waals surface area contributed by atoms with Crippen molar-refractivity contribution in [3.8, 4) is 0 Å². The number of carbonyl (C=O) groups is 1. The van der Waals surface area contributed by atoms with E-state index in [9.17, 15) is 9.18 Å². The first-order chi connectivity index (χ1) is 6.20. The summed E-state index contributed by atoms with van der Waals surface area (Å²) in [4.78, 5) is 13.8. The van der Waals surface area contributed by atoms with Crippen molar-refractivity contribution in [2.45, 2.75) is 13.0 Å². The highest BCUT2D eigenvalue weighted by Gasteiger charge is 2.15. The normalized spacial score (nSPS) is 12.4. The molecule has 4 nitrogen and oxygen atoms in total. The van der Waals surface area contributed by atoms with E-state index < -0.39 is 12.3 Å². The van der Waals surface area contributed by atoms with Crippen LogP contribution < -0.4 is 0 Å². The zero-order valence-electron chi connectivity index (χ0n) is 6.68. The Kier molecular flexibility index (Phi) is 3.33. The maximum absolute atomic E-state index is 12.4. The molecule has 0 bridgehead atoms. The zero-order chi connectivity index (χ0) is 9.68. The lowest BCUT2D eigenvalue weighted by Gasteiger charge is -2.04. The quantitative estimate of drug-likeness (QED) is 0.759. The van der Waals surface area contributed by atoms with Crippen molar-refractivity contribution in [2.75, 3.05) is 0 Å². The van der Waals surface area contributed by atoms with Gasteiger partial charge in [-0.25, -0.2) is 9.18 Å². The number of carboxylic acid groups (broad SMARTS) is 1. The lowest BCUT2D eigenvalue weighted by molar-refractivity contribution is -0.164. The predicted molar refractivity (Wildman–Crippen MR) is 41.6 cm³/mol. The molecule has 0 radical (unpaired) electrons. The monoisotopic (exact) mass is 185 g/mol. The van der Waals surface area contributed by atoms with Gasteiger partial charge in [0.2, 0.25) is 0 Å². The number of alkyl halides is 1. The van der Waals surface area contributed by atoms with Gasteiger partial charge in [-0.2, -0.15) is 0 Å². The topological polar surface area (TPSA) is 59.4 Å². The molecule has 0 aliphatic heterocycles. The van der Waals surface area contributed by atoms with Gasteiger partial charge in [-0.3, -0.25) is 4.98 Å². The molecule has 1 atom stereocenters. The van der Waals surface area contributed by atoms with Crippen LogP contribution >= 0.6 is 0 Å². The minimum atomic E-state index is -2.27. The molecule has 0 saturated heterocycles. The molecule has 13 heavy (non-hydrogen) atoms. The van der Waals surface area contributed by atoms with Crippen LogP contribution in [-0.4, -0.2) is 22.4 Å². The van der Waals surface area contributed by atoms with E-state index in [4.69, 9.17) is 5.11 Å². The van der Waals surface area contributed by atoms with Crippen molar-refractivity contribution in [3.63, 3.8) is 0 Å². The van der Waals surface area contributed by atoms with Gasteiger partial charge in [0.05, 0.1) is 6.61 Å². The summed E-state index contributed by atoms with van der Waals surface area (Å²) in [5, 5.41) is 8.15. The summed E-state index contributed by atoms with van der Waals surface area (Å²) in [5.74, 6) is -1.62. The molecule has 0 saturated carbocycles. The lowest BCUT2D eigenvalue weighted by Crippen LogP contribution is -2.17. The summed E-state index contributed by atoms with van der Waals surface area (Å²) >= 11 is 0. The first kappa shape index (κ1) is 9.60. The van der Waals surface area contributed by atoms with Crippen molar-refractivity contribution in [2.24, 2.45) is 0 Å². The predicted octanol–water partition coefficient (Wildman–Crippen LogP) is 0.978. The van der Waals surface area contributed by atoms with E-state index in [0.717, 1.165) is 0 Å². The molecule has 70 valence electrons. The van der Waals surface area contributed by atoms with Crippen LogP contribution in [0.5, 0.6) is 0 Å². The van der Waals surface area contributed by atoms with Gasteiger partial charge in [0.1, 0.15) is 0 Å². The number of pyridine rings is 1. The molecule has 0 aromatic carbocycles. The Bertz CT molecular complexity index is 278. The summed E-state index contributed by atoms with van der Waals surface area (Å²) in [6.07, 6.45) is 0.771. The third-order valence-electron chi connectivity index (χ3n) is 1.34. The summed E-state index contributed by atoms with van der Waals surface area (Å²) in [6, 6.07) is 3.24. The Hall–Kier alpha value is -1.49. The summed E-state index contributed by atoms with van der Waals surface area (Å²) in [6.45, 7) is -0.0734. The van der Waals surface area contributed by atoms with E-state index >= 15 is 0 Å². The second-order valence-corrected chi connectivity index (χ2v) is 2.32. The van der Waals surface area contributed by atoms with Gasteiger partial charge in [0.25, 0.3) is 6.36 Å². The van der Waals surface area contributed by atoms with Crippen LogP contribution in [-0.2, 0) is 16.1 Å². The van der Waals surface area contributed by atoms with Crippen molar-refractivity contribution in [3.05, 3.63) is 30.1 Å². The summed E-state index contributed by atoms with van der Waals surface area (Å²) in [5.41, 5.74) is 0.680. The molecular formula is C8H8FNO3. The van der Waals surface area contributed by atoms with Crippen LogP contribution in [0.3, 0.4) is 0 Å². The smallest absolute Gasteiger partial charge is 0.366 e. The van der Waals surface area contributed by atoms with Crippen LogP contribution in [0.1, 0.15) is 5.56 Å². The fraction of sp³-hybridized carbons (Fsp3) is 0.250. The van der Waals surface area contributed by atoms with Gasteiger partial charge in [-0.05, 0) is 17.7 Å². The molecule has 0 fully saturated rings. The van der Waals surface area contributed by atoms with Gasteiger partial charge in [0, 0.05) is 12.4 Å². The van der Waals surface area contributed by atoms with E-state index in [-0.39, 0.29) is 6.61 Å². The van der Waals surface area contributed by atoms with E-state index in [2.05, 4.69) is 9.72 Å². The summed E-state index contributed by atoms with van der Waals surface area (Å²) < 4.78 is 16.8. The van der Waals surface area contributed by atoms with Crippen molar-refractivity contribution in [1.29, 1.82) is 0 Å². The standard InChI is InChI=1S/C8H8FNO3/c9-7(8(11)12)13-5-6-1-3-10-4-2-6/h1-4,7H,5H2,(H,11,12). The third-order valence-corrected chi connectivity index (χ3v) is 1.34. The fourth-order valence-electron chi connectivity index (χ4n) is 0.720. The molecule has 1 heterocycles. The Morgan fingerprint density at radius 1 is 1.62 bits per heavy atom. The van der Waals surface area contributed by atoms with Crippen LogP contribution in [0, 0.1) is 0 Å². The number of aliphatic carboxylic acids is 1. The molecule has 5 heteroatoms. The Morgan fingerprint density at radius 3 is 2.77 bits per heavy atom. The number of halogens is 1. The molecule has 1 unspecified atom stereocenters. The largest absolute Gasteiger partial charge is 0.477 e. The van der Waals surface area contributed by atoms with E-state index in [1.807, 2.05) is 0 Å². The van der Waals surface area contributed by atoms with Crippen LogP contribution in [0.15, 0.2) is 24.5 Å². The average molecular weight is 185 g/mol. The molecule has 1 aromatic rings. The van der Waals surface area contributed by atoms with Gasteiger partial charge in [-0.15, -0.1) is 0 Å². The molecule has 1 rings (SSSR count). The molecule has 1 aromatic heterocycles. The number of ether oxygens (including phenoxy) is 1. The lowest BCUT2D eigenvalue weighted by atomic mass is 10.3. The van der Waals surface area contributed by atoms with E-state index in [1.165, 1.54) is 12.4 Å². The van der Waals surface area contributed by atoms with E-state index in [1.54, 1.807) is 12.1 Å². The second kappa shape index (κ2) is 4.51. The van der Waals surface area contributed by atoms with Crippen molar-refractivity contribution in [1.82, 2.24) is 4.98 Å². The van der Waals surface area contributed by atoms with Gasteiger partial charge < -0.3 is 9.84 Å². The van der Waals surface area contributed by atoms with Gasteiger partial charge in [0.15, 0.2) is 0 Å². The maximum Gasteiger partial charge on any atom is 0.366 e. The first-order valence-electron chi connectivity index (χ1n) is 3.57. The van der Waals surface area contributed by atoms with Crippen molar-refractivity contribution < 1.29 is 19.0 Å². The van der Waals surface area contributed by atoms with Crippen LogP contribution in [0.25, 0.3) is 0 Å². The number of hydrogen-bond acceptors (Lipinski definition) is 3. The highest BCUT2D eigenvalue weighted by Crippen LogP contribution is 2.02. The first-order valence-corrected chi connectivity index (χ1v) is 3.57. The van der Waals surface area contributed by atoms with Crippen molar-refractivity contribution >= 4 is 5.97 Å². The molecule has 1 N–H and O–H groups in total. The molecule has 0 amide bonds. The highest BCUT2D eigenvalue weighted by molar-refractivity contribution is 5.70. The number of carboxylic acids is 1. The minimum Gasteiger partial charge on any atom is -0.477 e. The van der Waals surface area contributed by atoms with Crippen LogP contribution in [0.2, 0.25) is 0 Å². The molecular weight excluding hydrogens is 177 g/mol. The van der Waals surface area contributed by atoms with Crippen LogP contribution in [0.4, 0.5) is 4.39 Å². The summed E-state index contributed by atoms with van der Waals surface area (Å²) in [7, 11) is 0. The minimum absolute atomic E-state index is 0.0734. The zero-order valence-corrected chi connectivity index (χ0v) is 6.68. The Balaban J connectivity index is 2.39. The van der Waals surface area contributed by atoms with Gasteiger partial charge >= 0.3 is 5.97 Å².